The number of nitrogens with one attached hydrogen (secondary N) is 1. The molecule has 0 bridgehead atoms. The Labute approximate surface area is 89.4 Å². The lowest BCUT2D eigenvalue weighted by Crippen LogP contribution is -2.57. The van der Waals surface area contributed by atoms with E-state index in [0.717, 1.165) is 6.42 Å². The molecule has 1 rings (SSSR count). The Balaban J connectivity index is 2.22. The molecule has 0 saturated heterocycles. The van der Waals surface area contributed by atoms with Crippen molar-refractivity contribution in [3.63, 3.8) is 0 Å². The van der Waals surface area contributed by atoms with Gasteiger partial charge in [0.2, 0.25) is 0 Å². The number of halogens is 3. The fourth-order valence-corrected chi connectivity index (χ4v) is 1.89. The molecule has 0 heterocycles. The van der Waals surface area contributed by atoms with Crippen molar-refractivity contribution >= 4 is 17.7 Å². The highest BCUT2D eigenvalue weighted by molar-refractivity contribution is 8.00. The number of hydrogen-bond acceptors (Lipinski definition) is 3. The molecule has 2 N–H and O–H groups in total. The van der Waals surface area contributed by atoms with Crippen LogP contribution in [0.3, 0.4) is 0 Å². The van der Waals surface area contributed by atoms with Crippen LogP contribution >= 0.6 is 11.8 Å². The van der Waals surface area contributed by atoms with Crippen molar-refractivity contribution in [1.82, 2.24) is 5.32 Å². The molecule has 1 fully saturated rings. The van der Waals surface area contributed by atoms with Gasteiger partial charge in [0.15, 0.2) is 0 Å². The summed E-state index contributed by atoms with van der Waals surface area (Å²) in [6.45, 7) is 0.0659. The van der Waals surface area contributed by atoms with Crippen LogP contribution in [0.4, 0.5) is 13.2 Å². The Bertz CT molecular complexity index is 241. The lowest BCUT2D eigenvalue weighted by molar-refractivity contribution is -0.148. The highest BCUT2D eigenvalue weighted by Crippen LogP contribution is 2.33. The number of aliphatic carboxylic acids is 1. The van der Waals surface area contributed by atoms with Gasteiger partial charge in [-0.15, -0.1) is 0 Å². The summed E-state index contributed by atoms with van der Waals surface area (Å²) >= 11 is -0.135. The van der Waals surface area contributed by atoms with Crippen molar-refractivity contribution in [2.75, 3.05) is 12.3 Å². The monoisotopic (exact) mass is 243 g/mol. The largest absolute Gasteiger partial charge is 0.480 e. The average molecular weight is 243 g/mol. The van der Waals surface area contributed by atoms with Crippen molar-refractivity contribution in [2.24, 2.45) is 0 Å². The molecule has 88 valence electrons. The van der Waals surface area contributed by atoms with E-state index in [9.17, 15) is 18.0 Å². The number of thioether (sulfide) groups is 1. The van der Waals surface area contributed by atoms with Crippen LogP contribution in [0.15, 0.2) is 0 Å². The van der Waals surface area contributed by atoms with E-state index in [0.29, 0.717) is 12.8 Å². The predicted octanol–water partition coefficient (Wildman–Crippen LogP) is 1.84. The van der Waals surface area contributed by atoms with E-state index >= 15 is 0 Å². The second kappa shape index (κ2) is 4.61. The van der Waals surface area contributed by atoms with E-state index < -0.39 is 17.0 Å². The van der Waals surface area contributed by atoms with Crippen molar-refractivity contribution in [3.05, 3.63) is 0 Å². The van der Waals surface area contributed by atoms with Crippen LogP contribution < -0.4 is 5.32 Å². The van der Waals surface area contributed by atoms with Crippen LogP contribution in [0, 0.1) is 0 Å². The third-order valence-corrected chi connectivity index (χ3v) is 3.18. The fourth-order valence-electron chi connectivity index (χ4n) is 1.45. The number of rotatable bonds is 5. The van der Waals surface area contributed by atoms with E-state index in [4.69, 9.17) is 5.11 Å². The molecule has 0 aromatic carbocycles. The molecule has 0 amide bonds. The summed E-state index contributed by atoms with van der Waals surface area (Å²) in [6.07, 6.45) is 1.81. The molecule has 1 aliphatic rings. The molecule has 0 spiro atoms. The summed E-state index contributed by atoms with van der Waals surface area (Å²) in [4.78, 5) is 10.8. The third-order valence-electron chi connectivity index (χ3n) is 2.45. The maximum absolute atomic E-state index is 11.7. The zero-order valence-electron chi connectivity index (χ0n) is 7.93. The normalized spacial score (nSPS) is 19.7. The molecule has 7 heteroatoms. The fraction of sp³-hybridized carbons (Fsp3) is 0.875. The quantitative estimate of drug-likeness (QED) is 0.723. The number of carboxylic acid groups (broad SMARTS) is 1. The Kier molecular flexibility index (Phi) is 3.88. The second-order valence-electron chi connectivity index (χ2n) is 3.46. The molecule has 3 nitrogen and oxygen atoms in total. The minimum absolute atomic E-state index is 0.0659. The highest BCUT2D eigenvalue weighted by Gasteiger charge is 2.43. The first-order valence-corrected chi connectivity index (χ1v) is 5.53. The molecule has 15 heavy (non-hydrogen) atoms. The maximum atomic E-state index is 11.7. The predicted molar refractivity (Wildman–Crippen MR) is 50.7 cm³/mol. The van der Waals surface area contributed by atoms with Gasteiger partial charge >= 0.3 is 11.5 Å². The summed E-state index contributed by atoms with van der Waals surface area (Å²) in [7, 11) is 0. The highest BCUT2D eigenvalue weighted by atomic mass is 32.2. The van der Waals surface area contributed by atoms with E-state index in [2.05, 4.69) is 5.32 Å². The van der Waals surface area contributed by atoms with Gasteiger partial charge in [-0.1, -0.05) is 0 Å². The Morgan fingerprint density at radius 2 is 2.07 bits per heavy atom. The van der Waals surface area contributed by atoms with Crippen LogP contribution in [-0.2, 0) is 4.79 Å². The van der Waals surface area contributed by atoms with Gasteiger partial charge in [0.25, 0.3) is 0 Å². The van der Waals surface area contributed by atoms with Crippen LogP contribution in [0.1, 0.15) is 19.3 Å². The summed E-state index contributed by atoms with van der Waals surface area (Å²) in [5.41, 5.74) is -5.20. The standard InChI is InChI=1S/C8H12F3NO2S/c9-8(10,11)15-5-4-12-7(6(13)14)2-1-3-7/h12H,1-5H2,(H,13,14). The third kappa shape index (κ3) is 3.57. The van der Waals surface area contributed by atoms with E-state index in [1.807, 2.05) is 0 Å². The lowest BCUT2D eigenvalue weighted by Gasteiger charge is -2.38. The summed E-state index contributed by atoms with van der Waals surface area (Å²) in [5, 5.41) is 11.5. The van der Waals surface area contributed by atoms with E-state index in [1.165, 1.54) is 0 Å². The van der Waals surface area contributed by atoms with Crippen LogP contribution in [-0.4, -0.2) is 34.4 Å². The number of hydrogen-bond donors (Lipinski definition) is 2. The van der Waals surface area contributed by atoms with Crippen molar-refractivity contribution < 1.29 is 23.1 Å². The first-order chi connectivity index (χ1) is 6.86. The number of carbonyl (C=O) groups is 1. The molecule has 0 unspecified atom stereocenters. The molecular weight excluding hydrogens is 231 g/mol. The number of carboxylic acids is 1. The molecule has 1 aliphatic carbocycles. The summed E-state index contributed by atoms with van der Waals surface area (Å²) in [5.74, 6) is -1.12. The van der Waals surface area contributed by atoms with Gasteiger partial charge in [0, 0.05) is 12.3 Å². The molecule has 0 aromatic rings. The van der Waals surface area contributed by atoms with E-state index in [1.54, 1.807) is 0 Å². The maximum Gasteiger partial charge on any atom is 0.441 e. The molecule has 0 radical (unpaired) electrons. The average Bonchev–Trinajstić information content (AvgIpc) is 1.98. The molecular formula is C8H12F3NO2S. The van der Waals surface area contributed by atoms with Gasteiger partial charge in [-0.3, -0.25) is 4.79 Å². The van der Waals surface area contributed by atoms with Gasteiger partial charge < -0.3 is 10.4 Å². The van der Waals surface area contributed by atoms with Crippen LogP contribution in [0.2, 0.25) is 0 Å². The summed E-state index contributed by atoms with van der Waals surface area (Å²) in [6, 6.07) is 0. The van der Waals surface area contributed by atoms with Crippen molar-refractivity contribution in [2.45, 2.75) is 30.3 Å². The lowest BCUT2D eigenvalue weighted by atomic mass is 9.77. The smallest absolute Gasteiger partial charge is 0.441 e. The van der Waals surface area contributed by atoms with Gasteiger partial charge in [-0.05, 0) is 31.0 Å². The second-order valence-corrected chi connectivity index (χ2v) is 4.62. The zero-order chi connectivity index (χ0) is 11.5. The van der Waals surface area contributed by atoms with E-state index in [-0.39, 0.29) is 24.1 Å². The molecule has 0 atom stereocenters. The van der Waals surface area contributed by atoms with Crippen LogP contribution in [0.25, 0.3) is 0 Å². The Hall–Kier alpha value is -0.430. The first kappa shape index (κ1) is 12.6. The van der Waals surface area contributed by atoms with Gasteiger partial charge in [0.05, 0.1) is 0 Å². The Morgan fingerprint density at radius 3 is 2.40 bits per heavy atom. The topological polar surface area (TPSA) is 49.3 Å². The van der Waals surface area contributed by atoms with Gasteiger partial charge in [0.1, 0.15) is 5.54 Å². The molecule has 0 aromatic heterocycles. The minimum atomic E-state index is -4.24. The van der Waals surface area contributed by atoms with Gasteiger partial charge in [-0.25, -0.2) is 0 Å². The number of alkyl halides is 3. The van der Waals surface area contributed by atoms with Crippen molar-refractivity contribution in [3.8, 4) is 0 Å². The zero-order valence-corrected chi connectivity index (χ0v) is 8.75. The van der Waals surface area contributed by atoms with Gasteiger partial charge in [-0.2, -0.15) is 13.2 Å². The minimum Gasteiger partial charge on any atom is -0.480 e. The SMILES string of the molecule is O=C(O)C1(NCCSC(F)(F)F)CCC1. The van der Waals surface area contributed by atoms with Crippen molar-refractivity contribution in [1.29, 1.82) is 0 Å². The molecule has 0 aliphatic heterocycles. The summed E-state index contributed by atoms with van der Waals surface area (Å²) < 4.78 is 35.2. The first-order valence-electron chi connectivity index (χ1n) is 4.55. The van der Waals surface area contributed by atoms with Crippen LogP contribution in [0.5, 0.6) is 0 Å². The Morgan fingerprint density at radius 1 is 1.47 bits per heavy atom. The molecule has 1 saturated carbocycles.